The van der Waals surface area contributed by atoms with E-state index in [1.54, 1.807) is 42.5 Å². The van der Waals surface area contributed by atoms with Gasteiger partial charge < -0.3 is 14.2 Å². The summed E-state index contributed by atoms with van der Waals surface area (Å²) in [4.78, 5) is 40.0. The fourth-order valence-electron chi connectivity index (χ4n) is 4.09. The number of esters is 1. The maximum Gasteiger partial charge on any atom is 0.345 e. The van der Waals surface area contributed by atoms with E-state index < -0.39 is 17.1 Å². The van der Waals surface area contributed by atoms with E-state index in [-0.39, 0.29) is 40.1 Å². The number of imide groups is 1. The van der Waals surface area contributed by atoms with Crippen molar-refractivity contribution in [3.63, 3.8) is 0 Å². The SMILES string of the molecule is COc1cccc(/C=C2\SC(=O)N(CCOc3cccc4ccccc34)C2=O)c1OC(=O)c1ccccc1Cl. The summed E-state index contributed by atoms with van der Waals surface area (Å²) in [6.07, 6.45) is 1.51. The fraction of sp³-hybridized carbons (Fsp3) is 0.100. The number of carbonyl (C=O) groups excluding carboxylic acids is 3. The van der Waals surface area contributed by atoms with Crippen molar-refractivity contribution in [3.8, 4) is 17.2 Å². The third-order valence-corrected chi connectivity index (χ3v) is 7.24. The molecule has 0 bridgehead atoms. The van der Waals surface area contributed by atoms with E-state index in [9.17, 15) is 14.4 Å². The van der Waals surface area contributed by atoms with Gasteiger partial charge in [-0.05, 0) is 47.5 Å². The lowest BCUT2D eigenvalue weighted by atomic mass is 10.1. The van der Waals surface area contributed by atoms with Crippen LogP contribution in [0.2, 0.25) is 5.02 Å². The van der Waals surface area contributed by atoms with Gasteiger partial charge in [-0.15, -0.1) is 0 Å². The van der Waals surface area contributed by atoms with Gasteiger partial charge in [0.05, 0.1) is 29.1 Å². The third-order valence-electron chi connectivity index (χ3n) is 6.00. The summed E-state index contributed by atoms with van der Waals surface area (Å²) in [6, 6.07) is 25.0. The number of thioether (sulfide) groups is 1. The van der Waals surface area contributed by atoms with E-state index >= 15 is 0 Å². The zero-order chi connectivity index (χ0) is 27.4. The monoisotopic (exact) mass is 559 g/mol. The minimum atomic E-state index is -0.682. The summed E-state index contributed by atoms with van der Waals surface area (Å²) in [5, 5.41) is 1.82. The highest BCUT2D eigenvalue weighted by Crippen LogP contribution is 2.38. The van der Waals surface area contributed by atoms with E-state index in [4.69, 9.17) is 25.8 Å². The Morgan fingerprint density at radius 1 is 0.923 bits per heavy atom. The number of methoxy groups -OCH3 is 1. The fourth-order valence-corrected chi connectivity index (χ4v) is 5.16. The zero-order valence-electron chi connectivity index (χ0n) is 20.8. The first-order chi connectivity index (χ1) is 19.0. The van der Waals surface area contributed by atoms with E-state index in [1.165, 1.54) is 13.2 Å². The van der Waals surface area contributed by atoms with E-state index in [1.807, 2.05) is 42.5 Å². The quantitative estimate of drug-likeness (QED) is 0.133. The van der Waals surface area contributed by atoms with Gasteiger partial charge in [-0.3, -0.25) is 14.5 Å². The largest absolute Gasteiger partial charge is 0.493 e. The molecule has 1 saturated heterocycles. The number of amides is 2. The van der Waals surface area contributed by atoms with Crippen LogP contribution in [0.25, 0.3) is 16.8 Å². The van der Waals surface area contributed by atoms with Gasteiger partial charge in [-0.1, -0.05) is 72.3 Å². The Hall–Kier alpha value is -4.27. The molecule has 1 heterocycles. The summed E-state index contributed by atoms with van der Waals surface area (Å²) in [6.45, 7) is 0.219. The van der Waals surface area contributed by atoms with Crippen LogP contribution in [0.5, 0.6) is 17.2 Å². The molecule has 1 fully saturated rings. The van der Waals surface area contributed by atoms with Crippen molar-refractivity contribution in [2.24, 2.45) is 0 Å². The van der Waals surface area contributed by atoms with Crippen molar-refractivity contribution in [2.45, 2.75) is 0 Å². The van der Waals surface area contributed by atoms with Crippen molar-refractivity contribution in [3.05, 3.63) is 106 Å². The van der Waals surface area contributed by atoms with Crippen LogP contribution in [0.15, 0.2) is 89.8 Å². The molecule has 7 nitrogen and oxygen atoms in total. The Morgan fingerprint density at radius 2 is 1.64 bits per heavy atom. The van der Waals surface area contributed by atoms with Crippen molar-refractivity contribution in [1.82, 2.24) is 4.90 Å². The highest BCUT2D eigenvalue weighted by Gasteiger charge is 2.35. The van der Waals surface area contributed by atoms with Gasteiger partial charge in [0, 0.05) is 10.9 Å². The number of carbonyl (C=O) groups is 3. The van der Waals surface area contributed by atoms with Crippen LogP contribution in [0, 0.1) is 0 Å². The maximum absolute atomic E-state index is 13.1. The first-order valence-electron chi connectivity index (χ1n) is 12.0. The molecule has 9 heteroatoms. The predicted octanol–water partition coefficient (Wildman–Crippen LogP) is 6.84. The van der Waals surface area contributed by atoms with Gasteiger partial charge >= 0.3 is 5.97 Å². The Bertz CT molecular complexity index is 1610. The predicted molar refractivity (Wildman–Crippen MR) is 152 cm³/mol. The maximum atomic E-state index is 13.1. The van der Waals surface area contributed by atoms with Crippen molar-refractivity contribution in [2.75, 3.05) is 20.3 Å². The minimum Gasteiger partial charge on any atom is -0.493 e. The van der Waals surface area contributed by atoms with Gasteiger partial charge in [0.15, 0.2) is 11.5 Å². The van der Waals surface area contributed by atoms with Gasteiger partial charge in [-0.25, -0.2) is 4.79 Å². The molecule has 0 spiro atoms. The van der Waals surface area contributed by atoms with Gasteiger partial charge in [0.2, 0.25) is 0 Å². The molecular formula is C30H22ClNO6S. The normalized spacial score (nSPS) is 14.2. The molecule has 0 atom stereocenters. The highest BCUT2D eigenvalue weighted by molar-refractivity contribution is 8.18. The lowest BCUT2D eigenvalue weighted by Crippen LogP contribution is -2.32. The molecule has 0 unspecified atom stereocenters. The van der Waals surface area contributed by atoms with Crippen LogP contribution in [-0.4, -0.2) is 42.3 Å². The average Bonchev–Trinajstić information content (AvgIpc) is 3.21. The molecule has 4 aromatic carbocycles. The molecule has 1 aliphatic heterocycles. The van der Waals surface area contributed by atoms with Crippen molar-refractivity contribution in [1.29, 1.82) is 0 Å². The van der Waals surface area contributed by atoms with Gasteiger partial charge in [0.1, 0.15) is 12.4 Å². The van der Waals surface area contributed by atoms with E-state index in [2.05, 4.69) is 0 Å². The summed E-state index contributed by atoms with van der Waals surface area (Å²) in [5.41, 5.74) is 0.579. The Labute approximate surface area is 233 Å². The molecule has 5 rings (SSSR count). The van der Waals surface area contributed by atoms with Crippen LogP contribution in [0.1, 0.15) is 15.9 Å². The van der Waals surface area contributed by atoms with E-state index in [0.29, 0.717) is 11.3 Å². The number of hydrogen-bond donors (Lipinski definition) is 0. The zero-order valence-corrected chi connectivity index (χ0v) is 22.3. The third kappa shape index (κ3) is 5.62. The molecule has 39 heavy (non-hydrogen) atoms. The molecule has 1 aliphatic rings. The standard InChI is InChI=1S/C30H22ClNO6S/c1-36-25-15-7-10-20(27(25)38-29(34)22-12-4-5-13-23(22)31)18-26-28(33)32(30(35)39-26)16-17-37-24-14-6-9-19-8-2-3-11-21(19)24/h2-15,18H,16-17H2,1H3/b26-18-. The summed E-state index contributed by atoms with van der Waals surface area (Å²) < 4.78 is 17.0. The lowest BCUT2D eigenvalue weighted by molar-refractivity contribution is -0.123. The summed E-state index contributed by atoms with van der Waals surface area (Å²) in [5.74, 6) is -0.0731. The van der Waals surface area contributed by atoms with Crippen LogP contribution in [0.4, 0.5) is 4.79 Å². The number of benzene rings is 4. The van der Waals surface area contributed by atoms with Crippen LogP contribution in [0.3, 0.4) is 0 Å². The van der Waals surface area contributed by atoms with Crippen LogP contribution in [-0.2, 0) is 4.79 Å². The van der Waals surface area contributed by atoms with Crippen molar-refractivity contribution >= 4 is 57.3 Å². The van der Waals surface area contributed by atoms with Crippen LogP contribution < -0.4 is 14.2 Å². The minimum absolute atomic E-state index is 0.0810. The second-order valence-electron chi connectivity index (χ2n) is 8.41. The average molecular weight is 560 g/mol. The molecule has 0 N–H and O–H groups in total. The number of halogens is 1. The smallest absolute Gasteiger partial charge is 0.345 e. The Kier molecular flexibility index (Phi) is 7.86. The number of ether oxygens (including phenoxy) is 3. The first kappa shape index (κ1) is 26.3. The van der Waals surface area contributed by atoms with Gasteiger partial charge in [0.25, 0.3) is 11.1 Å². The Morgan fingerprint density at radius 3 is 2.46 bits per heavy atom. The lowest BCUT2D eigenvalue weighted by Gasteiger charge is -2.14. The molecule has 4 aromatic rings. The second kappa shape index (κ2) is 11.6. The number of para-hydroxylation sites is 1. The summed E-state index contributed by atoms with van der Waals surface area (Å²) >= 11 is 6.96. The number of nitrogens with zero attached hydrogens (tertiary/aromatic N) is 1. The molecule has 0 radical (unpaired) electrons. The molecule has 0 aromatic heterocycles. The highest BCUT2D eigenvalue weighted by atomic mass is 35.5. The van der Waals surface area contributed by atoms with E-state index in [0.717, 1.165) is 27.4 Å². The number of hydrogen-bond acceptors (Lipinski definition) is 7. The first-order valence-corrected chi connectivity index (χ1v) is 13.2. The number of fused-ring (bicyclic) bond motifs is 1. The Balaban J connectivity index is 1.33. The summed E-state index contributed by atoms with van der Waals surface area (Å²) in [7, 11) is 1.44. The molecular weight excluding hydrogens is 538 g/mol. The number of rotatable bonds is 8. The second-order valence-corrected chi connectivity index (χ2v) is 9.81. The van der Waals surface area contributed by atoms with Gasteiger partial charge in [-0.2, -0.15) is 0 Å². The van der Waals surface area contributed by atoms with Crippen LogP contribution >= 0.6 is 23.4 Å². The molecule has 196 valence electrons. The molecule has 2 amide bonds. The topological polar surface area (TPSA) is 82.1 Å². The molecule has 0 aliphatic carbocycles. The van der Waals surface area contributed by atoms with Crippen molar-refractivity contribution < 1.29 is 28.6 Å². The molecule has 0 saturated carbocycles.